The van der Waals surface area contributed by atoms with Gasteiger partial charge in [0, 0.05) is 176 Å². The van der Waals surface area contributed by atoms with Gasteiger partial charge in [0.05, 0.1) is 45.2 Å². The standard InChI is InChI=1S/C28H32N4O.C27H30N4O.C27H29N3O2.C20H22N2O2/c1-18-16-19(2)27(33)24(17-18)28-29-25(20-8-12-22(13-9-20)30(3)4)26(32(28)7)21-10-14-23(15-11-21)31(5)6;1-17-15-18(2)26(32)23(16-17)27-28-24(19-7-11-21(12-8-19)30(3)4)25(29-27)20-9-13-22(14-10-20)31(5)6;1-17-15-18(2)25(31)23(16-17)27-28-24(19-7-11-21(12-8-19)29(3)4)26(32-27)20-9-13-22(14-10-20)30(5)6;1-10-6-15(7-11(2)18(10)23)17-14(5)21-20(22-17)16-8-12(3)19(24)13(4)9-16/h8-17,33H,1-7H3;7-16,32H,1-6H3,(H,28,29);7-16,31H,1-6H3;6-9,23-24H,1-5H3,(H,21,22). The number of hydrogen-bond acceptors (Lipinski definition) is 16. The van der Waals surface area contributed by atoms with Crippen molar-refractivity contribution >= 4 is 34.1 Å². The van der Waals surface area contributed by atoms with Crippen LogP contribution in [0.3, 0.4) is 0 Å². The monoisotopic (exact) mass is 1620 g/mol. The van der Waals surface area contributed by atoms with Crippen molar-refractivity contribution in [3.05, 3.63) is 268 Å². The number of aromatic nitrogens is 7. The second-order valence-electron chi connectivity index (χ2n) is 32.8. The minimum atomic E-state index is 0.195. The molecule has 0 radical (unpaired) electrons. The zero-order valence-corrected chi connectivity index (χ0v) is 74.2. The van der Waals surface area contributed by atoms with Gasteiger partial charge in [-0.25, -0.2) is 19.9 Å². The van der Waals surface area contributed by atoms with Crippen molar-refractivity contribution in [1.29, 1.82) is 0 Å². The molecule has 0 aliphatic carbocycles. The van der Waals surface area contributed by atoms with Gasteiger partial charge in [0.25, 0.3) is 0 Å². The largest absolute Gasteiger partial charge is 0.507 e. The summed E-state index contributed by atoms with van der Waals surface area (Å²) in [5.74, 6) is 4.66. The van der Waals surface area contributed by atoms with Crippen molar-refractivity contribution in [3.8, 4) is 153 Å². The third kappa shape index (κ3) is 19.0. The number of aromatic hydroxyl groups is 5. The summed E-state index contributed by atoms with van der Waals surface area (Å²) in [5, 5.41) is 52.2. The summed E-state index contributed by atoms with van der Waals surface area (Å²) in [6.45, 7) is 21.3. The zero-order valence-electron chi connectivity index (χ0n) is 74.2. The summed E-state index contributed by atoms with van der Waals surface area (Å²) in [7, 11) is 26.4. The fourth-order valence-corrected chi connectivity index (χ4v) is 15.0. The van der Waals surface area contributed by atoms with E-state index in [4.69, 9.17) is 24.4 Å². The van der Waals surface area contributed by atoms with Crippen molar-refractivity contribution < 1.29 is 29.9 Å². The number of oxazole rings is 1. The van der Waals surface area contributed by atoms with E-state index in [0.29, 0.717) is 40.1 Å². The van der Waals surface area contributed by atoms with Gasteiger partial charge in [-0.1, -0.05) is 78.9 Å². The van der Waals surface area contributed by atoms with E-state index in [1.807, 2.05) is 241 Å². The molecule has 19 heteroatoms. The van der Waals surface area contributed by atoms with Crippen LogP contribution in [-0.2, 0) is 7.05 Å². The van der Waals surface area contributed by atoms with Crippen LogP contribution in [-0.4, -0.2) is 145 Å². The Hall–Kier alpha value is -13.9. The molecule has 11 aromatic carbocycles. The van der Waals surface area contributed by atoms with Crippen LogP contribution in [0.4, 0.5) is 34.1 Å². The van der Waals surface area contributed by atoms with Gasteiger partial charge in [0.1, 0.15) is 51.9 Å². The Labute approximate surface area is 712 Å². The minimum absolute atomic E-state index is 0.195. The number of H-pyrrole nitrogens is 2. The lowest BCUT2D eigenvalue weighted by Gasteiger charge is -2.15. The quantitative estimate of drug-likeness (QED) is 0.0450. The van der Waals surface area contributed by atoms with Gasteiger partial charge in [0.15, 0.2) is 5.76 Å². The van der Waals surface area contributed by atoms with Crippen LogP contribution in [0.2, 0.25) is 0 Å². The van der Waals surface area contributed by atoms with Gasteiger partial charge in [0.2, 0.25) is 5.89 Å². The zero-order chi connectivity index (χ0) is 87.4. The molecule has 0 atom stereocenters. The maximum absolute atomic E-state index is 10.9. The van der Waals surface area contributed by atoms with Crippen LogP contribution in [0, 0.1) is 76.2 Å². The third-order valence-electron chi connectivity index (χ3n) is 21.8. The lowest BCUT2D eigenvalue weighted by atomic mass is 10.0. The highest BCUT2D eigenvalue weighted by Crippen LogP contribution is 2.45. The van der Waals surface area contributed by atoms with E-state index in [-0.39, 0.29) is 17.2 Å². The number of rotatable bonds is 17. The lowest BCUT2D eigenvalue weighted by molar-refractivity contribution is 0.466. The summed E-state index contributed by atoms with van der Waals surface area (Å²) >= 11 is 0. The van der Waals surface area contributed by atoms with E-state index in [1.165, 1.54) is 0 Å². The second kappa shape index (κ2) is 36.1. The van der Waals surface area contributed by atoms with Gasteiger partial charge in [-0.05, 0) is 259 Å². The molecule has 0 saturated heterocycles. The number of aryl methyl sites for hydroxylation is 11. The average molecular weight is 1620 g/mol. The second-order valence-corrected chi connectivity index (χ2v) is 32.8. The van der Waals surface area contributed by atoms with Crippen LogP contribution in [0.5, 0.6) is 28.7 Å². The summed E-state index contributed by atoms with van der Waals surface area (Å²) in [6.07, 6.45) is 0. The average Bonchev–Trinajstić information content (AvgIpc) is 1.61. The molecule has 622 valence electrons. The summed E-state index contributed by atoms with van der Waals surface area (Å²) in [5.41, 5.74) is 32.2. The molecule has 15 aromatic rings. The highest BCUT2D eigenvalue weighted by Gasteiger charge is 2.26. The third-order valence-corrected chi connectivity index (χ3v) is 21.8. The van der Waals surface area contributed by atoms with E-state index in [2.05, 4.69) is 177 Å². The van der Waals surface area contributed by atoms with Gasteiger partial charge < -0.3 is 73.9 Å². The van der Waals surface area contributed by atoms with Gasteiger partial charge in [-0.2, -0.15) is 0 Å². The summed E-state index contributed by atoms with van der Waals surface area (Å²) in [4.78, 5) is 38.9. The van der Waals surface area contributed by atoms with Crippen LogP contribution in [0.1, 0.15) is 61.3 Å². The Balaban J connectivity index is 0.000000149. The molecule has 4 aromatic heterocycles. The molecule has 4 heterocycles. The van der Waals surface area contributed by atoms with Crippen LogP contribution < -0.4 is 29.4 Å². The molecule has 19 nitrogen and oxygen atoms in total. The first-order valence-electron chi connectivity index (χ1n) is 40.4. The smallest absolute Gasteiger partial charge is 0.231 e. The predicted molar refractivity (Wildman–Crippen MR) is 503 cm³/mol. The van der Waals surface area contributed by atoms with E-state index >= 15 is 0 Å². The predicted octanol–water partition coefficient (Wildman–Crippen LogP) is 22.6. The molecule has 0 unspecified atom stereocenters. The van der Waals surface area contributed by atoms with Crippen LogP contribution >= 0.6 is 0 Å². The minimum Gasteiger partial charge on any atom is -0.507 e. The van der Waals surface area contributed by atoms with E-state index in [1.54, 1.807) is 0 Å². The lowest BCUT2D eigenvalue weighted by Crippen LogP contribution is -2.08. The van der Waals surface area contributed by atoms with Gasteiger partial charge in [-0.15, -0.1) is 0 Å². The van der Waals surface area contributed by atoms with Gasteiger partial charge >= 0.3 is 0 Å². The molecule has 121 heavy (non-hydrogen) atoms. The maximum atomic E-state index is 10.9. The number of phenols is 5. The first-order valence-corrected chi connectivity index (χ1v) is 40.4. The van der Waals surface area contributed by atoms with E-state index in [0.717, 1.165) is 191 Å². The number of nitrogens with one attached hydrogen (secondary N) is 2. The fraction of sp³-hybridized carbons (Fsp3) is 0.235. The van der Waals surface area contributed by atoms with Crippen LogP contribution in [0.25, 0.3) is 124 Å². The van der Waals surface area contributed by atoms with Crippen molar-refractivity contribution in [1.82, 2.24) is 34.5 Å². The number of hydrogen-bond donors (Lipinski definition) is 7. The fourth-order valence-electron chi connectivity index (χ4n) is 15.0. The number of aromatic amines is 2. The molecule has 0 aliphatic heterocycles. The molecule has 15 rings (SSSR count). The Bertz CT molecular complexity index is 5820. The molecular weight excluding hydrogens is 1500 g/mol. The Morgan fingerprint density at radius 1 is 0.281 bits per heavy atom. The summed E-state index contributed by atoms with van der Waals surface area (Å²) in [6, 6.07) is 69.7. The van der Waals surface area contributed by atoms with Crippen molar-refractivity contribution in [2.24, 2.45) is 7.05 Å². The highest BCUT2D eigenvalue weighted by molar-refractivity contribution is 5.87. The SMILES string of the molecule is Cc1cc(-c2nc(-c3cc(C)c(O)c(C)c3)c(C)[nH]2)cc(C)c1O.Cc1cc(C)c(O)c(-c2nc(-c3ccc(N(C)C)cc3)c(-c3ccc(N(C)C)cc3)[nH]2)c1.Cc1cc(C)c(O)c(-c2nc(-c3ccc(N(C)C)cc3)c(-c3ccc(N(C)C)cc3)n2C)c1.Cc1cc(C)c(O)c(-c2nc(-c3ccc(N(C)C)cc3)c(-c3ccc(N(C)C)cc3)o2)c1. The Morgan fingerprint density at radius 3 is 1.02 bits per heavy atom. The van der Waals surface area contributed by atoms with Crippen molar-refractivity contribution in [2.75, 3.05) is 114 Å². The Morgan fingerprint density at radius 2 is 0.603 bits per heavy atom. The maximum Gasteiger partial charge on any atom is 0.231 e. The summed E-state index contributed by atoms with van der Waals surface area (Å²) < 4.78 is 8.41. The van der Waals surface area contributed by atoms with E-state index in [9.17, 15) is 25.5 Å². The highest BCUT2D eigenvalue weighted by atomic mass is 16.4. The normalized spacial score (nSPS) is 11.0. The molecule has 0 spiro atoms. The van der Waals surface area contributed by atoms with Crippen molar-refractivity contribution in [2.45, 2.75) is 76.2 Å². The molecule has 0 bridgehead atoms. The first kappa shape index (κ1) is 86.4. The Kier molecular flexibility index (Phi) is 25.8. The van der Waals surface area contributed by atoms with E-state index < -0.39 is 0 Å². The van der Waals surface area contributed by atoms with Crippen LogP contribution in [0.15, 0.2) is 211 Å². The number of nitrogens with zero attached hydrogens (tertiary/aromatic N) is 11. The molecule has 0 amide bonds. The number of imidazole rings is 3. The number of benzene rings is 11. The topological polar surface area (TPSA) is 222 Å². The molecule has 0 fully saturated rings. The number of phenolic OH excluding ortho intramolecular Hbond substituents is 5. The molecule has 0 saturated carbocycles. The first-order chi connectivity index (χ1) is 57.4. The molecular formula is C102H113N13O6. The van der Waals surface area contributed by atoms with Crippen molar-refractivity contribution in [3.63, 3.8) is 0 Å². The molecule has 7 N–H and O–H groups in total. The van der Waals surface area contributed by atoms with Gasteiger partial charge in [-0.3, -0.25) is 0 Å². The molecule has 0 aliphatic rings. The number of anilines is 6.